The highest BCUT2D eigenvalue weighted by Crippen LogP contribution is 2.06. The molecular formula is C19H22N2O3. The number of nitrogens with two attached hydrogens (primary N) is 1. The van der Waals surface area contributed by atoms with Crippen molar-refractivity contribution in [3.8, 4) is 0 Å². The molecule has 0 saturated carbocycles. The molecular weight excluding hydrogens is 304 g/mol. The van der Waals surface area contributed by atoms with E-state index in [4.69, 9.17) is 10.5 Å². The van der Waals surface area contributed by atoms with Crippen LogP contribution in [-0.2, 0) is 27.4 Å². The van der Waals surface area contributed by atoms with E-state index in [1.807, 2.05) is 61.5 Å². The van der Waals surface area contributed by atoms with Crippen LogP contribution in [0, 0.1) is 6.92 Å². The van der Waals surface area contributed by atoms with Gasteiger partial charge < -0.3 is 15.8 Å². The van der Waals surface area contributed by atoms with E-state index in [1.54, 1.807) is 0 Å². The number of carbonyl (C=O) groups excluding carboxylic acids is 2. The van der Waals surface area contributed by atoms with Gasteiger partial charge in [-0.2, -0.15) is 0 Å². The summed E-state index contributed by atoms with van der Waals surface area (Å²) in [5.74, 6) is -0.922. The molecule has 2 amide bonds. The van der Waals surface area contributed by atoms with Crippen LogP contribution in [-0.4, -0.2) is 24.5 Å². The highest BCUT2D eigenvalue weighted by molar-refractivity contribution is 5.87. The van der Waals surface area contributed by atoms with Gasteiger partial charge in [0.1, 0.15) is 12.6 Å². The quantitative estimate of drug-likeness (QED) is 0.775. The molecule has 0 unspecified atom stereocenters. The van der Waals surface area contributed by atoms with E-state index in [0.29, 0.717) is 13.0 Å². The molecule has 126 valence electrons. The molecule has 5 heteroatoms. The molecule has 1 atom stereocenters. The first kappa shape index (κ1) is 17.7. The predicted octanol–water partition coefficient (Wildman–Crippen LogP) is 1.72. The van der Waals surface area contributed by atoms with Gasteiger partial charge in [-0.25, -0.2) is 0 Å². The zero-order chi connectivity index (χ0) is 17.4. The normalized spacial score (nSPS) is 11.7. The molecule has 0 aliphatic heterocycles. The van der Waals surface area contributed by atoms with Gasteiger partial charge in [-0.1, -0.05) is 60.2 Å². The summed E-state index contributed by atoms with van der Waals surface area (Å²) in [5.41, 5.74) is 8.44. The summed E-state index contributed by atoms with van der Waals surface area (Å²) in [6.07, 6.45) is 0.361. The average Bonchev–Trinajstić information content (AvgIpc) is 2.57. The summed E-state index contributed by atoms with van der Waals surface area (Å²) >= 11 is 0. The van der Waals surface area contributed by atoms with Crippen LogP contribution >= 0.6 is 0 Å². The molecule has 2 aromatic carbocycles. The standard InChI is InChI=1S/C19H22N2O3/c1-14-7-9-15(10-8-14)11-17(19(20)23)21-18(22)13-24-12-16-5-3-2-4-6-16/h2-10,17H,11-13H2,1H3,(H2,20,23)(H,21,22)/t17-/m0/s1. The van der Waals surface area contributed by atoms with Gasteiger partial charge in [0, 0.05) is 6.42 Å². The van der Waals surface area contributed by atoms with Crippen molar-refractivity contribution in [1.82, 2.24) is 5.32 Å². The Morgan fingerprint density at radius 2 is 1.71 bits per heavy atom. The Morgan fingerprint density at radius 1 is 1.04 bits per heavy atom. The molecule has 0 bridgehead atoms. The lowest BCUT2D eigenvalue weighted by Gasteiger charge is -2.16. The van der Waals surface area contributed by atoms with Crippen molar-refractivity contribution in [3.63, 3.8) is 0 Å². The third kappa shape index (κ3) is 5.85. The SMILES string of the molecule is Cc1ccc(C[C@H](NC(=O)COCc2ccccc2)C(N)=O)cc1. The fourth-order valence-electron chi connectivity index (χ4n) is 2.25. The van der Waals surface area contributed by atoms with Crippen LogP contribution in [0.2, 0.25) is 0 Å². The van der Waals surface area contributed by atoms with E-state index >= 15 is 0 Å². The van der Waals surface area contributed by atoms with Crippen molar-refractivity contribution in [2.45, 2.75) is 26.0 Å². The summed E-state index contributed by atoms with van der Waals surface area (Å²) in [6.45, 7) is 2.21. The highest BCUT2D eigenvalue weighted by atomic mass is 16.5. The predicted molar refractivity (Wildman–Crippen MR) is 92.1 cm³/mol. The number of hydrogen-bond acceptors (Lipinski definition) is 3. The third-order valence-electron chi connectivity index (χ3n) is 3.58. The van der Waals surface area contributed by atoms with Crippen LogP contribution in [0.4, 0.5) is 0 Å². The van der Waals surface area contributed by atoms with Crippen molar-refractivity contribution < 1.29 is 14.3 Å². The lowest BCUT2D eigenvalue weighted by Crippen LogP contribution is -2.47. The maximum absolute atomic E-state index is 11.9. The third-order valence-corrected chi connectivity index (χ3v) is 3.58. The lowest BCUT2D eigenvalue weighted by atomic mass is 10.0. The van der Waals surface area contributed by atoms with E-state index in [-0.39, 0.29) is 12.5 Å². The summed E-state index contributed by atoms with van der Waals surface area (Å²) in [4.78, 5) is 23.5. The molecule has 0 radical (unpaired) electrons. The largest absolute Gasteiger partial charge is 0.368 e. The number of carbonyl (C=O) groups is 2. The van der Waals surface area contributed by atoms with E-state index in [0.717, 1.165) is 16.7 Å². The number of amides is 2. The van der Waals surface area contributed by atoms with E-state index in [9.17, 15) is 9.59 Å². The van der Waals surface area contributed by atoms with Crippen LogP contribution in [0.25, 0.3) is 0 Å². The van der Waals surface area contributed by atoms with Crippen molar-refractivity contribution in [2.24, 2.45) is 5.73 Å². The number of aryl methyl sites for hydroxylation is 1. The highest BCUT2D eigenvalue weighted by Gasteiger charge is 2.18. The van der Waals surface area contributed by atoms with Crippen LogP contribution in [0.3, 0.4) is 0 Å². The Hall–Kier alpha value is -2.66. The van der Waals surface area contributed by atoms with Gasteiger partial charge in [0.2, 0.25) is 11.8 Å². The van der Waals surface area contributed by atoms with Gasteiger partial charge in [-0.05, 0) is 18.1 Å². The summed E-state index contributed by atoms with van der Waals surface area (Å²) < 4.78 is 5.36. The van der Waals surface area contributed by atoms with Crippen LogP contribution < -0.4 is 11.1 Å². The van der Waals surface area contributed by atoms with E-state index in [1.165, 1.54) is 0 Å². The van der Waals surface area contributed by atoms with Crippen LogP contribution in [0.1, 0.15) is 16.7 Å². The molecule has 3 N–H and O–H groups in total. The first-order valence-corrected chi connectivity index (χ1v) is 7.80. The number of primary amides is 1. The maximum atomic E-state index is 11.9. The Bertz CT molecular complexity index is 669. The lowest BCUT2D eigenvalue weighted by molar-refractivity contribution is -0.130. The summed E-state index contributed by atoms with van der Waals surface area (Å²) in [6, 6.07) is 16.6. The number of benzene rings is 2. The maximum Gasteiger partial charge on any atom is 0.246 e. The minimum Gasteiger partial charge on any atom is -0.368 e. The van der Waals surface area contributed by atoms with E-state index in [2.05, 4.69) is 5.32 Å². The van der Waals surface area contributed by atoms with Gasteiger partial charge in [0.05, 0.1) is 6.61 Å². The smallest absolute Gasteiger partial charge is 0.246 e. The number of nitrogens with one attached hydrogen (secondary N) is 1. The molecule has 0 heterocycles. The fraction of sp³-hybridized carbons (Fsp3) is 0.263. The van der Waals surface area contributed by atoms with Gasteiger partial charge in [0.25, 0.3) is 0 Å². The fourth-order valence-corrected chi connectivity index (χ4v) is 2.25. The zero-order valence-corrected chi connectivity index (χ0v) is 13.7. The van der Waals surface area contributed by atoms with Crippen molar-refractivity contribution in [3.05, 3.63) is 71.3 Å². The Balaban J connectivity index is 1.82. The molecule has 0 aromatic heterocycles. The molecule has 5 nitrogen and oxygen atoms in total. The van der Waals surface area contributed by atoms with Gasteiger partial charge in [-0.3, -0.25) is 9.59 Å². The summed E-state index contributed by atoms with van der Waals surface area (Å²) in [7, 11) is 0. The molecule has 0 aliphatic carbocycles. The second-order valence-electron chi connectivity index (χ2n) is 5.69. The van der Waals surface area contributed by atoms with Crippen molar-refractivity contribution in [2.75, 3.05) is 6.61 Å². The molecule has 0 aliphatic rings. The summed E-state index contributed by atoms with van der Waals surface area (Å²) in [5, 5.41) is 2.63. The van der Waals surface area contributed by atoms with Crippen LogP contribution in [0.15, 0.2) is 54.6 Å². The number of rotatable bonds is 8. The molecule has 2 aromatic rings. The number of ether oxygens (including phenoxy) is 1. The van der Waals surface area contributed by atoms with Gasteiger partial charge in [-0.15, -0.1) is 0 Å². The minimum absolute atomic E-state index is 0.118. The van der Waals surface area contributed by atoms with Crippen LogP contribution in [0.5, 0.6) is 0 Å². The van der Waals surface area contributed by atoms with Gasteiger partial charge in [0.15, 0.2) is 0 Å². The first-order chi connectivity index (χ1) is 11.5. The first-order valence-electron chi connectivity index (χ1n) is 7.80. The second kappa shape index (κ2) is 8.84. The Labute approximate surface area is 141 Å². The minimum atomic E-state index is -0.750. The molecule has 0 spiro atoms. The zero-order valence-electron chi connectivity index (χ0n) is 13.7. The van der Waals surface area contributed by atoms with Crippen molar-refractivity contribution in [1.29, 1.82) is 0 Å². The molecule has 0 fully saturated rings. The second-order valence-corrected chi connectivity index (χ2v) is 5.69. The molecule has 0 saturated heterocycles. The monoisotopic (exact) mass is 326 g/mol. The van der Waals surface area contributed by atoms with E-state index < -0.39 is 11.9 Å². The average molecular weight is 326 g/mol. The topological polar surface area (TPSA) is 81.4 Å². The molecule has 24 heavy (non-hydrogen) atoms. The number of hydrogen-bond donors (Lipinski definition) is 2. The van der Waals surface area contributed by atoms with Gasteiger partial charge >= 0.3 is 0 Å². The Morgan fingerprint density at radius 3 is 2.33 bits per heavy atom. The van der Waals surface area contributed by atoms with Crippen molar-refractivity contribution >= 4 is 11.8 Å². The molecule has 2 rings (SSSR count). The Kier molecular flexibility index (Phi) is 6.51.